The molecule has 1 aromatic rings. The van der Waals surface area contributed by atoms with Crippen LogP contribution in [0.3, 0.4) is 0 Å². The summed E-state index contributed by atoms with van der Waals surface area (Å²) >= 11 is 0. The summed E-state index contributed by atoms with van der Waals surface area (Å²) in [5.74, 6) is 3.75. The highest BCUT2D eigenvalue weighted by atomic mass is 16.5. The molecule has 0 heterocycles. The largest absolute Gasteiger partial charge is 0.494 e. The van der Waals surface area contributed by atoms with Crippen molar-refractivity contribution in [2.75, 3.05) is 14.2 Å². The van der Waals surface area contributed by atoms with Gasteiger partial charge in [-0.25, -0.2) is 0 Å². The first-order valence-corrected chi connectivity index (χ1v) is 3.77. The normalized spacial score (nSPS) is 8.77. The molecule has 0 aliphatic rings. The lowest BCUT2D eigenvalue weighted by molar-refractivity contribution is 0.397. The van der Waals surface area contributed by atoms with Gasteiger partial charge in [0.05, 0.1) is 14.2 Å². The summed E-state index contributed by atoms with van der Waals surface area (Å²) < 4.78 is 10.2. The Morgan fingerprint density at radius 2 is 1.77 bits per heavy atom. The molecule has 0 atom stereocenters. The van der Waals surface area contributed by atoms with E-state index in [-0.39, 0.29) is 0 Å². The van der Waals surface area contributed by atoms with Crippen LogP contribution in [-0.2, 0) is 0 Å². The maximum Gasteiger partial charge on any atom is 0.157 e. The minimum absolute atomic E-state index is 0.613. The lowest BCUT2D eigenvalue weighted by Gasteiger charge is -2.07. The molecule has 1 rings (SSSR count). The summed E-state index contributed by atoms with van der Waals surface area (Å²) in [6.07, 6.45) is 0. The van der Waals surface area contributed by atoms with Crippen molar-refractivity contribution in [1.82, 2.24) is 0 Å². The van der Waals surface area contributed by atoms with Crippen LogP contribution in [0.5, 0.6) is 11.5 Å². The van der Waals surface area contributed by atoms with Crippen LogP contribution in [0.15, 0.2) is 29.8 Å². The maximum absolute atomic E-state index is 5.10. The molecule has 68 valence electrons. The lowest BCUT2D eigenvalue weighted by Crippen LogP contribution is -1.87. The molecule has 0 amide bonds. The maximum atomic E-state index is 5.10. The molecular formula is C10H11NO2. The highest BCUT2D eigenvalue weighted by Crippen LogP contribution is 2.36. The molecule has 0 saturated heterocycles. The van der Waals surface area contributed by atoms with E-state index in [4.69, 9.17) is 9.47 Å². The molecule has 3 nitrogen and oxygen atoms in total. The third-order valence-electron chi connectivity index (χ3n) is 1.59. The van der Waals surface area contributed by atoms with Gasteiger partial charge in [0.25, 0.3) is 0 Å². The predicted molar refractivity (Wildman–Crippen MR) is 52.3 cm³/mol. The molecule has 3 heteroatoms. The second-order valence-corrected chi connectivity index (χ2v) is 2.28. The van der Waals surface area contributed by atoms with Crippen LogP contribution < -0.4 is 9.47 Å². The third-order valence-corrected chi connectivity index (χ3v) is 1.59. The molecule has 0 radical (unpaired) electrons. The fraction of sp³-hybridized carbons (Fsp3) is 0.200. The van der Waals surface area contributed by atoms with E-state index in [9.17, 15) is 0 Å². The zero-order valence-corrected chi connectivity index (χ0v) is 7.70. The van der Waals surface area contributed by atoms with E-state index in [1.54, 1.807) is 26.4 Å². The van der Waals surface area contributed by atoms with E-state index in [1.807, 2.05) is 6.07 Å². The van der Waals surface area contributed by atoms with E-state index < -0.39 is 0 Å². The van der Waals surface area contributed by atoms with Gasteiger partial charge in [0.1, 0.15) is 11.5 Å². The van der Waals surface area contributed by atoms with Crippen molar-refractivity contribution < 1.29 is 9.47 Å². The Hall–Kier alpha value is -1.73. The van der Waals surface area contributed by atoms with Gasteiger partial charge in [0, 0.05) is 0 Å². The Morgan fingerprint density at radius 3 is 2.15 bits per heavy atom. The van der Waals surface area contributed by atoms with Crippen molar-refractivity contribution in [3.63, 3.8) is 0 Å². The highest BCUT2D eigenvalue weighted by molar-refractivity contribution is 5.67. The Kier molecular flexibility index (Phi) is 3.12. The van der Waals surface area contributed by atoms with Gasteiger partial charge in [-0.1, -0.05) is 6.07 Å². The van der Waals surface area contributed by atoms with E-state index in [0.29, 0.717) is 17.2 Å². The first-order valence-electron chi connectivity index (χ1n) is 3.77. The summed E-state index contributed by atoms with van der Waals surface area (Å²) in [6, 6.07) is 5.44. The zero-order chi connectivity index (χ0) is 9.68. The van der Waals surface area contributed by atoms with Crippen LogP contribution in [0, 0.1) is 0 Å². The first-order chi connectivity index (χ1) is 6.33. The van der Waals surface area contributed by atoms with Crippen LogP contribution >= 0.6 is 0 Å². The minimum atomic E-state index is 0.613. The number of para-hydroxylation sites is 1. The molecule has 0 aromatic heterocycles. The van der Waals surface area contributed by atoms with Crippen molar-refractivity contribution in [3.8, 4) is 11.5 Å². The number of hydrogen-bond acceptors (Lipinski definition) is 3. The molecule has 0 unspecified atom stereocenters. The number of methoxy groups -OCH3 is 2. The zero-order valence-electron chi connectivity index (χ0n) is 7.70. The molecule has 13 heavy (non-hydrogen) atoms. The fourth-order valence-corrected chi connectivity index (χ4v) is 1.02. The number of ether oxygens (including phenoxy) is 2. The molecule has 0 aliphatic heterocycles. The van der Waals surface area contributed by atoms with Crippen LogP contribution in [-0.4, -0.2) is 20.1 Å². The lowest BCUT2D eigenvalue weighted by atomic mass is 10.2. The summed E-state index contributed by atoms with van der Waals surface area (Å²) in [6.45, 7) is 3.40. The van der Waals surface area contributed by atoms with E-state index in [0.717, 1.165) is 0 Å². The molecule has 0 saturated carbocycles. The Labute approximate surface area is 77.3 Å². The number of aliphatic imine (C=N–C) groups is 1. The Balaban J connectivity index is 3.28. The average molecular weight is 177 g/mol. The summed E-state index contributed by atoms with van der Waals surface area (Å²) in [5.41, 5.74) is 0.613. The third kappa shape index (κ3) is 1.89. The van der Waals surface area contributed by atoms with Crippen molar-refractivity contribution >= 4 is 11.6 Å². The van der Waals surface area contributed by atoms with E-state index in [2.05, 4.69) is 17.4 Å². The highest BCUT2D eigenvalue weighted by Gasteiger charge is 2.06. The second kappa shape index (κ2) is 4.33. The van der Waals surface area contributed by atoms with Gasteiger partial charge in [-0.05, 0) is 24.6 Å². The second-order valence-electron chi connectivity index (χ2n) is 2.28. The SMILES string of the molecule is C=C=Nc1c(OC)cccc1OC. The van der Waals surface area contributed by atoms with E-state index >= 15 is 0 Å². The quantitative estimate of drug-likeness (QED) is 0.662. The standard InChI is InChI=1S/C10H11NO2/c1-4-11-10-8(12-2)6-5-7-9(10)13-3/h5-7H,1H2,2-3H3. The molecule has 0 spiro atoms. The molecule has 0 aliphatic carbocycles. The molecule has 1 aromatic carbocycles. The van der Waals surface area contributed by atoms with Gasteiger partial charge in [0.2, 0.25) is 0 Å². The summed E-state index contributed by atoms with van der Waals surface area (Å²) in [5, 5.41) is 0. The molecule has 0 bridgehead atoms. The number of rotatable bonds is 3. The molecular weight excluding hydrogens is 166 g/mol. The van der Waals surface area contributed by atoms with Crippen molar-refractivity contribution in [2.45, 2.75) is 0 Å². The van der Waals surface area contributed by atoms with Gasteiger partial charge in [-0.3, -0.25) is 0 Å². The van der Waals surface area contributed by atoms with Gasteiger partial charge < -0.3 is 9.47 Å². The van der Waals surface area contributed by atoms with Crippen molar-refractivity contribution in [1.29, 1.82) is 0 Å². The van der Waals surface area contributed by atoms with Gasteiger partial charge in [-0.15, -0.1) is 0 Å². The van der Waals surface area contributed by atoms with Gasteiger partial charge in [0.15, 0.2) is 5.69 Å². The summed E-state index contributed by atoms with van der Waals surface area (Å²) in [7, 11) is 3.16. The number of benzene rings is 1. The van der Waals surface area contributed by atoms with Crippen LogP contribution in [0.1, 0.15) is 0 Å². The number of nitrogens with zero attached hydrogens (tertiary/aromatic N) is 1. The first kappa shape index (κ1) is 9.36. The van der Waals surface area contributed by atoms with Crippen LogP contribution in [0.25, 0.3) is 0 Å². The van der Waals surface area contributed by atoms with Crippen molar-refractivity contribution in [2.24, 2.45) is 4.99 Å². The fourth-order valence-electron chi connectivity index (χ4n) is 1.02. The van der Waals surface area contributed by atoms with E-state index in [1.165, 1.54) is 0 Å². The smallest absolute Gasteiger partial charge is 0.157 e. The summed E-state index contributed by atoms with van der Waals surface area (Å²) in [4.78, 5) is 3.94. The monoisotopic (exact) mass is 177 g/mol. The topological polar surface area (TPSA) is 30.8 Å². The predicted octanol–water partition coefficient (Wildman–Crippen LogP) is 2.19. The van der Waals surface area contributed by atoms with Crippen LogP contribution in [0.4, 0.5) is 5.69 Å². The molecule has 0 N–H and O–H groups in total. The Bertz CT molecular complexity index is 319. The molecule has 0 fully saturated rings. The van der Waals surface area contributed by atoms with Gasteiger partial charge in [-0.2, -0.15) is 4.99 Å². The van der Waals surface area contributed by atoms with Crippen LogP contribution in [0.2, 0.25) is 0 Å². The average Bonchev–Trinajstić information content (AvgIpc) is 2.18. The van der Waals surface area contributed by atoms with Gasteiger partial charge >= 0.3 is 0 Å². The minimum Gasteiger partial charge on any atom is -0.494 e. The van der Waals surface area contributed by atoms with Crippen molar-refractivity contribution in [3.05, 3.63) is 24.8 Å². The Morgan fingerprint density at radius 1 is 1.23 bits per heavy atom. The number of hydrogen-bond donors (Lipinski definition) is 0.